The first-order valence-corrected chi connectivity index (χ1v) is 10.3. The topological polar surface area (TPSA) is 57.7 Å². The van der Waals surface area contributed by atoms with Gasteiger partial charge in [0, 0.05) is 44.3 Å². The number of benzene rings is 2. The largest absolute Gasteiger partial charge is 0.457 e. The number of aromatic nitrogens is 1. The summed E-state index contributed by atoms with van der Waals surface area (Å²) in [5, 5.41) is 3.96. The Balaban J connectivity index is 1.32. The number of halogens is 2. The van der Waals surface area contributed by atoms with Gasteiger partial charge in [-0.15, -0.1) is 0 Å². The summed E-state index contributed by atoms with van der Waals surface area (Å²) < 4.78 is 5.77. The number of ether oxygens (including phenoxy) is 1. The summed E-state index contributed by atoms with van der Waals surface area (Å²) in [6, 6.07) is 16.7. The number of rotatable bonds is 4. The van der Waals surface area contributed by atoms with Crippen molar-refractivity contribution in [3.8, 4) is 11.5 Å². The average Bonchev–Trinajstić information content (AvgIpc) is 2.76. The van der Waals surface area contributed by atoms with E-state index in [0.29, 0.717) is 47.7 Å². The Kier molecular flexibility index (Phi) is 6.26. The zero-order chi connectivity index (χ0) is 20.9. The molecule has 6 nitrogen and oxygen atoms in total. The highest BCUT2D eigenvalue weighted by Gasteiger charge is 2.24. The lowest BCUT2D eigenvalue weighted by molar-refractivity contribution is 0.208. The summed E-state index contributed by atoms with van der Waals surface area (Å²) in [7, 11) is 0. The van der Waals surface area contributed by atoms with Crippen LogP contribution in [0.1, 0.15) is 0 Å². The minimum Gasteiger partial charge on any atom is -0.457 e. The first kappa shape index (κ1) is 20.3. The lowest BCUT2D eigenvalue weighted by Crippen LogP contribution is -2.50. The molecule has 3 aromatic rings. The van der Waals surface area contributed by atoms with Gasteiger partial charge in [0.05, 0.1) is 15.7 Å². The average molecular weight is 443 g/mol. The number of amides is 2. The molecule has 154 valence electrons. The van der Waals surface area contributed by atoms with E-state index in [1.807, 2.05) is 54.6 Å². The lowest BCUT2D eigenvalue weighted by Gasteiger charge is -2.36. The Bertz CT molecular complexity index is 987. The number of pyridine rings is 1. The Morgan fingerprint density at radius 1 is 0.867 bits per heavy atom. The molecule has 4 rings (SSSR count). The Hall–Kier alpha value is -2.96. The fraction of sp³-hybridized carbons (Fsp3) is 0.182. The third-order valence-corrected chi connectivity index (χ3v) is 5.35. The normalized spacial score (nSPS) is 13.8. The molecule has 0 aliphatic carbocycles. The van der Waals surface area contributed by atoms with Crippen molar-refractivity contribution in [3.05, 3.63) is 77.0 Å². The third kappa shape index (κ3) is 4.78. The highest BCUT2D eigenvalue weighted by molar-refractivity contribution is 6.38. The van der Waals surface area contributed by atoms with Crippen LogP contribution in [-0.4, -0.2) is 42.1 Å². The van der Waals surface area contributed by atoms with Crippen LogP contribution < -0.4 is 15.0 Å². The number of nitrogens with one attached hydrogen (secondary N) is 1. The number of anilines is 2. The minimum absolute atomic E-state index is 0.140. The zero-order valence-electron chi connectivity index (χ0n) is 16.1. The van der Waals surface area contributed by atoms with Gasteiger partial charge in [0.2, 0.25) is 0 Å². The summed E-state index contributed by atoms with van der Waals surface area (Å²) in [5.74, 6) is 1.47. The number of hydrogen-bond acceptors (Lipinski definition) is 4. The minimum atomic E-state index is -0.140. The van der Waals surface area contributed by atoms with Gasteiger partial charge in [-0.05, 0) is 36.4 Å². The van der Waals surface area contributed by atoms with Gasteiger partial charge in [-0.3, -0.25) is 4.98 Å². The molecular weight excluding hydrogens is 423 g/mol. The molecule has 8 heteroatoms. The van der Waals surface area contributed by atoms with Gasteiger partial charge in [0.25, 0.3) is 0 Å². The fourth-order valence-corrected chi connectivity index (χ4v) is 3.88. The first-order valence-electron chi connectivity index (χ1n) is 9.53. The SMILES string of the molecule is O=C(Nc1ccc(Oc2ccccc2)cc1)N1CCN(c2c(Cl)cncc2Cl)CC1. The summed E-state index contributed by atoms with van der Waals surface area (Å²) >= 11 is 12.5. The van der Waals surface area contributed by atoms with Crippen molar-refractivity contribution >= 4 is 40.6 Å². The van der Waals surface area contributed by atoms with E-state index in [2.05, 4.69) is 15.2 Å². The Labute approximate surface area is 185 Å². The van der Waals surface area contributed by atoms with Crippen LogP contribution in [0.3, 0.4) is 0 Å². The van der Waals surface area contributed by atoms with Gasteiger partial charge in [-0.2, -0.15) is 0 Å². The molecule has 2 heterocycles. The van der Waals surface area contributed by atoms with Crippen molar-refractivity contribution in [2.75, 3.05) is 36.4 Å². The van der Waals surface area contributed by atoms with Gasteiger partial charge in [-0.25, -0.2) is 4.79 Å². The van der Waals surface area contributed by atoms with Gasteiger partial charge in [0.15, 0.2) is 0 Å². The smallest absolute Gasteiger partial charge is 0.321 e. The molecule has 0 atom stereocenters. The molecule has 30 heavy (non-hydrogen) atoms. The third-order valence-electron chi connectivity index (χ3n) is 4.80. The number of carbonyl (C=O) groups is 1. The van der Waals surface area contributed by atoms with Crippen molar-refractivity contribution in [1.29, 1.82) is 0 Å². The highest BCUT2D eigenvalue weighted by Crippen LogP contribution is 2.33. The summed E-state index contributed by atoms with van der Waals surface area (Å²) in [4.78, 5) is 20.5. The highest BCUT2D eigenvalue weighted by atomic mass is 35.5. The summed E-state index contributed by atoms with van der Waals surface area (Å²) in [6.07, 6.45) is 3.15. The Morgan fingerprint density at radius 2 is 1.47 bits per heavy atom. The molecular formula is C22H20Cl2N4O2. The molecule has 1 aromatic heterocycles. The fourth-order valence-electron chi connectivity index (χ4n) is 3.27. The van der Waals surface area contributed by atoms with E-state index in [9.17, 15) is 4.79 Å². The van der Waals surface area contributed by atoms with Crippen LogP contribution in [0, 0.1) is 0 Å². The summed E-state index contributed by atoms with van der Waals surface area (Å²) in [5.41, 5.74) is 1.48. The van der Waals surface area contributed by atoms with Crippen LogP contribution in [0.15, 0.2) is 67.0 Å². The van der Waals surface area contributed by atoms with E-state index in [-0.39, 0.29) is 6.03 Å². The monoisotopic (exact) mass is 442 g/mol. The molecule has 1 fully saturated rings. The second-order valence-corrected chi connectivity index (χ2v) is 7.61. The van der Waals surface area contributed by atoms with Crippen molar-refractivity contribution in [3.63, 3.8) is 0 Å². The van der Waals surface area contributed by atoms with E-state index in [0.717, 1.165) is 11.4 Å². The van der Waals surface area contributed by atoms with Crippen LogP contribution in [0.5, 0.6) is 11.5 Å². The maximum atomic E-state index is 12.6. The molecule has 1 aliphatic heterocycles. The Morgan fingerprint density at radius 3 is 2.10 bits per heavy atom. The maximum Gasteiger partial charge on any atom is 0.321 e. The van der Waals surface area contributed by atoms with Gasteiger partial charge >= 0.3 is 6.03 Å². The standard InChI is InChI=1S/C22H20Cl2N4O2/c23-19-14-25-15-20(24)21(19)27-10-12-28(13-11-27)22(29)26-16-6-8-18(9-7-16)30-17-4-2-1-3-5-17/h1-9,14-15H,10-13H2,(H,26,29). The van der Waals surface area contributed by atoms with E-state index >= 15 is 0 Å². The molecule has 0 unspecified atom stereocenters. The quantitative estimate of drug-likeness (QED) is 0.576. The predicted octanol–water partition coefficient (Wildman–Crippen LogP) is 5.53. The number of piperazine rings is 1. The molecule has 2 amide bonds. The van der Waals surface area contributed by atoms with Crippen molar-refractivity contribution in [2.24, 2.45) is 0 Å². The molecule has 1 aliphatic rings. The number of nitrogens with zero attached hydrogens (tertiary/aromatic N) is 3. The molecule has 0 saturated carbocycles. The maximum absolute atomic E-state index is 12.6. The molecule has 0 spiro atoms. The number of carbonyl (C=O) groups excluding carboxylic acids is 1. The van der Waals surface area contributed by atoms with Crippen LogP contribution in [0.2, 0.25) is 10.0 Å². The van der Waals surface area contributed by atoms with E-state index in [1.165, 1.54) is 0 Å². The van der Waals surface area contributed by atoms with Crippen LogP contribution in [0.25, 0.3) is 0 Å². The van der Waals surface area contributed by atoms with Gasteiger partial charge < -0.3 is 19.9 Å². The molecule has 0 radical (unpaired) electrons. The van der Waals surface area contributed by atoms with Crippen molar-refractivity contribution < 1.29 is 9.53 Å². The second-order valence-electron chi connectivity index (χ2n) is 6.80. The van der Waals surface area contributed by atoms with Crippen LogP contribution >= 0.6 is 23.2 Å². The molecule has 1 saturated heterocycles. The second kappa shape index (κ2) is 9.24. The van der Waals surface area contributed by atoms with E-state index < -0.39 is 0 Å². The molecule has 0 bridgehead atoms. The number of para-hydroxylation sites is 1. The van der Waals surface area contributed by atoms with E-state index in [4.69, 9.17) is 27.9 Å². The number of hydrogen-bond donors (Lipinski definition) is 1. The number of urea groups is 1. The van der Waals surface area contributed by atoms with E-state index in [1.54, 1.807) is 17.3 Å². The first-order chi connectivity index (χ1) is 14.6. The van der Waals surface area contributed by atoms with Crippen LogP contribution in [-0.2, 0) is 0 Å². The molecule has 1 N–H and O–H groups in total. The van der Waals surface area contributed by atoms with Gasteiger partial charge in [0.1, 0.15) is 11.5 Å². The molecule has 2 aromatic carbocycles. The van der Waals surface area contributed by atoms with Gasteiger partial charge in [-0.1, -0.05) is 41.4 Å². The van der Waals surface area contributed by atoms with Crippen molar-refractivity contribution in [1.82, 2.24) is 9.88 Å². The van der Waals surface area contributed by atoms with Crippen molar-refractivity contribution in [2.45, 2.75) is 0 Å². The zero-order valence-corrected chi connectivity index (χ0v) is 17.6. The predicted molar refractivity (Wildman–Crippen MR) is 120 cm³/mol. The lowest BCUT2D eigenvalue weighted by atomic mass is 10.2. The van der Waals surface area contributed by atoms with Crippen LogP contribution in [0.4, 0.5) is 16.2 Å². The summed E-state index contributed by atoms with van der Waals surface area (Å²) in [6.45, 7) is 2.41.